The number of hydrogen-bond donors (Lipinski definition) is 1. The maximum atomic E-state index is 13.8. The fourth-order valence-electron chi connectivity index (χ4n) is 3.45. The number of aromatic nitrogens is 2. The fraction of sp³-hybridized carbons (Fsp3) is 0.278. The first kappa shape index (κ1) is 16.0. The maximum Gasteiger partial charge on any atom is 0.387 e. The molecule has 1 aliphatic rings. The Kier molecular flexibility index (Phi) is 3.68. The lowest BCUT2D eigenvalue weighted by atomic mass is 10.0. The Morgan fingerprint density at radius 1 is 1.28 bits per heavy atom. The Morgan fingerprint density at radius 3 is 2.80 bits per heavy atom. The smallest absolute Gasteiger partial charge is 0.387 e. The quantitative estimate of drug-likeness (QED) is 0.775. The number of ether oxygens (including phenoxy) is 1. The Morgan fingerprint density at radius 2 is 2.04 bits per heavy atom. The number of nitrogens with zero attached hydrogens (tertiary/aromatic N) is 2. The number of rotatable bonds is 3. The van der Waals surface area contributed by atoms with Gasteiger partial charge >= 0.3 is 6.61 Å². The summed E-state index contributed by atoms with van der Waals surface area (Å²) in [6, 6.07) is 9.04. The SMILES string of the molecule is Cc1cc2c(cc1F)nc1n2[C@H](c2ccccc2OC(F)F)C[C@H]1O. The molecular formula is C18H15F3N2O2. The average Bonchev–Trinajstić information content (AvgIpc) is 3.06. The number of imidazole rings is 1. The first-order valence-electron chi connectivity index (χ1n) is 7.85. The lowest BCUT2D eigenvalue weighted by Gasteiger charge is -2.18. The second-order valence-corrected chi connectivity index (χ2v) is 6.11. The van der Waals surface area contributed by atoms with Crippen molar-refractivity contribution in [3.63, 3.8) is 0 Å². The van der Waals surface area contributed by atoms with Gasteiger partial charge in [0.05, 0.1) is 17.1 Å². The second-order valence-electron chi connectivity index (χ2n) is 6.11. The van der Waals surface area contributed by atoms with E-state index in [1.54, 1.807) is 35.8 Å². The normalized spacial score (nSPS) is 19.6. The summed E-state index contributed by atoms with van der Waals surface area (Å²) in [5.74, 6) is 0.0804. The van der Waals surface area contributed by atoms with E-state index in [1.165, 1.54) is 12.1 Å². The van der Waals surface area contributed by atoms with Crippen molar-refractivity contribution in [1.82, 2.24) is 9.55 Å². The molecule has 0 saturated heterocycles. The molecule has 1 aromatic heterocycles. The number of aliphatic hydroxyl groups is 1. The summed E-state index contributed by atoms with van der Waals surface area (Å²) >= 11 is 0. The second kappa shape index (κ2) is 5.77. The van der Waals surface area contributed by atoms with Crippen LogP contribution in [0, 0.1) is 12.7 Å². The van der Waals surface area contributed by atoms with Gasteiger partial charge in [-0.15, -0.1) is 0 Å². The van der Waals surface area contributed by atoms with Crippen LogP contribution in [-0.2, 0) is 0 Å². The highest BCUT2D eigenvalue weighted by molar-refractivity contribution is 5.78. The van der Waals surface area contributed by atoms with Crippen LogP contribution in [0.1, 0.15) is 35.5 Å². The van der Waals surface area contributed by atoms with Crippen molar-refractivity contribution in [2.24, 2.45) is 0 Å². The molecule has 0 bridgehead atoms. The van der Waals surface area contributed by atoms with Crippen molar-refractivity contribution in [3.8, 4) is 5.75 Å². The molecule has 0 aliphatic carbocycles. The number of aryl methyl sites for hydroxylation is 1. The molecule has 0 radical (unpaired) electrons. The van der Waals surface area contributed by atoms with Gasteiger partial charge in [0, 0.05) is 18.1 Å². The van der Waals surface area contributed by atoms with Crippen molar-refractivity contribution in [2.75, 3.05) is 0 Å². The summed E-state index contributed by atoms with van der Waals surface area (Å²) in [5.41, 5.74) is 2.06. The van der Waals surface area contributed by atoms with Gasteiger partial charge < -0.3 is 14.4 Å². The third-order valence-corrected chi connectivity index (χ3v) is 4.55. The predicted octanol–water partition coefficient (Wildman–Crippen LogP) is 4.11. The first-order chi connectivity index (χ1) is 12.0. The van der Waals surface area contributed by atoms with Crippen LogP contribution in [0.3, 0.4) is 0 Å². The molecule has 1 aliphatic heterocycles. The van der Waals surface area contributed by atoms with Crippen molar-refractivity contribution in [2.45, 2.75) is 32.1 Å². The van der Waals surface area contributed by atoms with Crippen LogP contribution in [0.15, 0.2) is 36.4 Å². The lowest BCUT2D eigenvalue weighted by molar-refractivity contribution is -0.0507. The van der Waals surface area contributed by atoms with Crippen LogP contribution >= 0.6 is 0 Å². The summed E-state index contributed by atoms with van der Waals surface area (Å²) in [4.78, 5) is 4.33. The molecule has 0 fully saturated rings. The molecule has 0 saturated carbocycles. The van der Waals surface area contributed by atoms with Crippen molar-refractivity contribution in [1.29, 1.82) is 0 Å². The van der Waals surface area contributed by atoms with Crippen molar-refractivity contribution in [3.05, 3.63) is 59.2 Å². The van der Waals surface area contributed by atoms with Gasteiger partial charge in [0.2, 0.25) is 0 Å². The highest BCUT2D eigenvalue weighted by atomic mass is 19.3. The number of halogens is 3. The van der Waals surface area contributed by atoms with E-state index in [0.29, 0.717) is 28.0 Å². The van der Waals surface area contributed by atoms with Gasteiger partial charge in [-0.3, -0.25) is 0 Å². The van der Waals surface area contributed by atoms with Crippen LogP contribution in [0.5, 0.6) is 5.75 Å². The minimum atomic E-state index is -2.94. The predicted molar refractivity (Wildman–Crippen MR) is 85.2 cm³/mol. The number of para-hydroxylation sites is 1. The summed E-state index contributed by atoms with van der Waals surface area (Å²) in [7, 11) is 0. The zero-order chi connectivity index (χ0) is 17.7. The molecule has 130 valence electrons. The van der Waals surface area contributed by atoms with E-state index in [0.717, 1.165) is 0 Å². The molecule has 2 aromatic carbocycles. The van der Waals surface area contributed by atoms with E-state index in [9.17, 15) is 18.3 Å². The topological polar surface area (TPSA) is 47.3 Å². The molecule has 0 unspecified atom stereocenters. The Balaban J connectivity index is 1.90. The van der Waals surface area contributed by atoms with E-state index < -0.39 is 18.8 Å². The maximum absolute atomic E-state index is 13.8. The van der Waals surface area contributed by atoms with E-state index >= 15 is 0 Å². The van der Waals surface area contributed by atoms with E-state index in [2.05, 4.69) is 9.72 Å². The standard InChI is InChI=1S/C18H15F3N2O2/c1-9-6-14-12(7-11(9)19)22-17-15(24)8-13(23(14)17)10-4-2-3-5-16(10)25-18(20)21/h2-7,13,15,18,24H,8H2,1H3/t13-,15+/m0/s1. The molecule has 4 nitrogen and oxygen atoms in total. The van der Waals surface area contributed by atoms with E-state index in [1.807, 2.05) is 0 Å². The van der Waals surface area contributed by atoms with Gasteiger partial charge in [0.15, 0.2) is 0 Å². The highest BCUT2D eigenvalue weighted by Gasteiger charge is 2.35. The highest BCUT2D eigenvalue weighted by Crippen LogP contribution is 2.44. The molecule has 7 heteroatoms. The largest absolute Gasteiger partial charge is 0.434 e. The Labute approximate surface area is 141 Å². The number of benzene rings is 2. The van der Waals surface area contributed by atoms with Gasteiger partial charge in [-0.2, -0.15) is 8.78 Å². The average molecular weight is 348 g/mol. The van der Waals surface area contributed by atoms with Gasteiger partial charge in [-0.1, -0.05) is 18.2 Å². The lowest BCUT2D eigenvalue weighted by Crippen LogP contribution is -2.10. The van der Waals surface area contributed by atoms with Crippen LogP contribution in [0.25, 0.3) is 11.0 Å². The Hall–Kier alpha value is -2.54. The molecular weight excluding hydrogens is 333 g/mol. The van der Waals surface area contributed by atoms with Crippen LogP contribution in [0.4, 0.5) is 13.2 Å². The first-order valence-corrected chi connectivity index (χ1v) is 7.85. The molecule has 25 heavy (non-hydrogen) atoms. The van der Waals surface area contributed by atoms with E-state index in [-0.39, 0.29) is 18.0 Å². The van der Waals surface area contributed by atoms with Crippen LogP contribution in [-0.4, -0.2) is 21.3 Å². The van der Waals surface area contributed by atoms with Gasteiger partial charge in [-0.05, 0) is 24.6 Å². The summed E-state index contributed by atoms with van der Waals surface area (Å²) < 4.78 is 45.7. The van der Waals surface area contributed by atoms with Gasteiger partial charge in [-0.25, -0.2) is 9.37 Å². The third-order valence-electron chi connectivity index (χ3n) is 4.55. The molecule has 0 spiro atoms. The van der Waals surface area contributed by atoms with Crippen LogP contribution in [0.2, 0.25) is 0 Å². The minimum absolute atomic E-state index is 0.0585. The molecule has 1 N–H and O–H groups in total. The van der Waals surface area contributed by atoms with Crippen LogP contribution < -0.4 is 4.74 Å². The molecule has 0 amide bonds. The number of hydrogen-bond acceptors (Lipinski definition) is 3. The monoisotopic (exact) mass is 348 g/mol. The fourth-order valence-corrected chi connectivity index (χ4v) is 3.45. The summed E-state index contributed by atoms with van der Waals surface area (Å²) in [5, 5.41) is 10.4. The molecule has 2 atom stereocenters. The zero-order valence-electron chi connectivity index (χ0n) is 13.3. The van der Waals surface area contributed by atoms with E-state index in [4.69, 9.17) is 0 Å². The number of alkyl halides is 2. The summed E-state index contributed by atoms with van der Waals surface area (Å²) in [6.45, 7) is -1.30. The third kappa shape index (κ3) is 2.55. The summed E-state index contributed by atoms with van der Waals surface area (Å²) in [6.07, 6.45) is -0.571. The molecule has 2 heterocycles. The number of aliphatic hydroxyl groups excluding tert-OH is 1. The molecule has 4 rings (SSSR count). The van der Waals surface area contributed by atoms with Crippen molar-refractivity contribution < 1.29 is 23.0 Å². The minimum Gasteiger partial charge on any atom is -0.434 e. The number of fused-ring (bicyclic) bond motifs is 3. The van der Waals surface area contributed by atoms with Gasteiger partial charge in [0.1, 0.15) is 23.5 Å². The van der Waals surface area contributed by atoms with Gasteiger partial charge in [0.25, 0.3) is 0 Å². The Bertz CT molecular complexity index is 955. The zero-order valence-corrected chi connectivity index (χ0v) is 13.3. The molecule has 3 aromatic rings. The van der Waals surface area contributed by atoms with Crippen molar-refractivity contribution >= 4 is 11.0 Å².